The topological polar surface area (TPSA) is 36.0 Å². The third-order valence-electron chi connectivity index (χ3n) is 1.18. The lowest BCUT2D eigenvalue weighted by molar-refractivity contribution is 0.0744. The van der Waals surface area contributed by atoms with E-state index in [-0.39, 0.29) is 0 Å². The number of nitrogens with one attached hydrogen (secondary N) is 1. The van der Waals surface area contributed by atoms with Crippen molar-refractivity contribution in [1.29, 1.82) is 0 Å². The minimum absolute atomic E-state index is 0.706. The number of rotatable bonds is 1. The van der Waals surface area contributed by atoms with Crippen LogP contribution < -0.4 is 0 Å². The molecule has 0 bridgehead atoms. The second-order valence-corrected chi connectivity index (χ2v) is 4.17. The number of hydrogen-bond donors (Lipinski definition) is 2. The fraction of sp³-hybridized carbons (Fsp3) is 0.500. The lowest BCUT2D eigenvalue weighted by Gasteiger charge is -2.13. The van der Waals surface area contributed by atoms with Gasteiger partial charge in [-0.2, -0.15) is 0 Å². The molecule has 56 valence electrons. The summed E-state index contributed by atoms with van der Waals surface area (Å²) in [7, 11) is 0. The summed E-state index contributed by atoms with van der Waals surface area (Å²) < 4.78 is 0.706. The van der Waals surface area contributed by atoms with Crippen molar-refractivity contribution in [2.75, 3.05) is 0 Å². The van der Waals surface area contributed by atoms with Crippen molar-refractivity contribution in [3.8, 4) is 0 Å². The maximum Gasteiger partial charge on any atom is 0.158 e. The largest absolute Gasteiger partial charge is 0.384 e. The van der Waals surface area contributed by atoms with Crippen LogP contribution in [0.3, 0.4) is 0 Å². The first-order valence-corrected chi connectivity index (χ1v) is 4.19. The van der Waals surface area contributed by atoms with Gasteiger partial charge in [0.1, 0.15) is 0 Å². The normalized spacial score (nSPS) is 11.9. The van der Waals surface area contributed by atoms with E-state index in [4.69, 9.17) is 12.2 Å². The molecule has 0 aliphatic heterocycles. The van der Waals surface area contributed by atoms with Gasteiger partial charge in [-0.25, -0.2) is 0 Å². The molecule has 1 heterocycles. The lowest BCUT2D eigenvalue weighted by Crippen LogP contribution is -2.15. The smallest absolute Gasteiger partial charge is 0.158 e. The van der Waals surface area contributed by atoms with Crippen molar-refractivity contribution >= 4 is 23.6 Å². The first-order valence-electron chi connectivity index (χ1n) is 2.91. The van der Waals surface area contributed by atoms with E-state index in [1.165, 1.54) is 11.3 Å². The van der Waals surface area contributed by atoms with Crippen LogP contribution in [-0.4, -0.2) is 10.1 Å². The maximum atomic E-state index is 9.43. The highest BCUT2D eigenvalue weighted by molar-refractivity contribution is 7.73. The molecule has 0 aromatic carbocycles. The summed E-state index contributed by atoms with van der Waals surface area (Å²) in [6, 6.07) is 0. The van der Waals surface area contributed by atoms with Gasteiger partial charge in [0.25, 0.3) is 0 Å². The van der Waals surface area contributed by atoms with Crippen LogP contribution in [0.2, 0.25) is 0 Å². The summed E-state index contributed by atoms with van der Waals surface area (Å²) >= 11 is 6.28. The highest BCUT2D eigenvalue weighted by Crippen LogP contribution is 2.19. The van der Waals surface area contributed by atoms with Crippen LogP contribution in [0, 0.1) is 3.95 Å². The minimum atomic E-state index is -0.798. The van der Waals surface area contributed by atoms with Crippen molar-refractivity contribution in [2.45, 2.75) is 19.4 Å². The summed E-state index contributed by atoms with van der Waals surface area (Å²) in [6.07, 6.45) is 0. The Balaban J connectivity index is 3.07. The Morgan fingerprint density at radius 3 is 2.50 bits per heavy atom. The van der Waals surface area contributed by atoms with E-state index in [0.717, 1.165) is 5.69 Å². The number of hydrogen-bond acceptors (Lipinski definition) is 3. The van der Waals surface area contributed by atoms with E-state index in [2.05, 4.69) is 4.98 Å². The molecule has 0 spiro atoms. The van der Waals surface area contributed by atoms with Crippen LogP contribution in [0.1, 0.15) is 19.5 Å². The van der Waals surface area contributed by atoms with E-state index < -0.39 is 5.60 Å². The fourth-order valence-corrected chi connectivity index (χ4v) is 1.57. The molecule has 0 unspecified atom stereocenters. The molecule has 0 aliphatic carbocycles. The quantitative estimate of drug-likeness (QED) is 0.641. The second-order valence-electron chi connectivity index (χ2n) is 2.62. The molecule has 0 atom stereocenters. The van der Waals surface area contributed by atoms with Gasteiger partial charge in [0, 0.05) is 5.38 Å². The number of thiazole rings is 1. The lowest BCUT2D eigenvalue weighted by atomic mass is 10.1. The average molecular weight is 175 g/mol. The summed E-state index contributed by atoms with van der Waals surface area (Å²) in [5.41, 5.74) is -0.0180. The minimum Gasteiger partial charge on any atom is -0.384 e. The van der Waals surface area contributed by atoms with Gasteiger partial charge in [-0.1, -0.05) is 0 Å². The van der Waals surface area contributed by atoms with Gasteiger partial charge in [0.15, 0.2) is 3.95 Å². The Morgan fingerprint density at radius 1 is 1.70 bits per heavy atom. The summed E-state index contributed by atoms with van der Waals surface area (Å²) in [6.45, 7) is 3.45. The number of aromatic nitrogens is 1. The maximum absolute atomic E-state index is 9.43. The van der Waals surface area contributed by atoms with Gasteiger partial charge < -0.3 is 10.1 Å². The molecule has 10 heavy (non-hydrogen) atoms. The molecule has 0 aliphatic rings. The molecule has 0 radical (unpaired) electrons. The molecule has 1 aromatic rings. The molecule has 0 fully saturated rings. The van der Waals surface area contributed by atoms with Crippen LogP contribution >= 0.6 is 23.6 Å². The predicted octanol–water partition coefficient (Wildman–Crippen LogP) is 2.03. The van der Waals surface area contributed by atoms with E-state index in [1.807, 2.05) is 5.38 Å². The Labute approximate surface area is 68.5 Å². The fourth-order valence-electron chi connectivity index (χ4n) is 0.578. The first kappa shape index (κ1) is 7.91. The zero-order valence-corrected chi connectivity index (χ0v) is 7.47. The number of aliphatic hydroxyl groups is 1. The standard InChI is InChI=1S/C6H9NOS2/c1-6(2,8)4-3-10-5(9)7-4/h3,8H,1-2H3,(H,7,9). The Kier molecular flexibility index (Phi) is 1.94. The molecular formula is C6H9NOS2. The van der Waals surface area contributed by atoms with Crippen LogP contribution in [0.15, 0.2) is 5.38 Å². The van der Waals surface area contributed by atoms with Crippen molar-refractivity contribution in [1.82, 2.24) is 4.98 Å². The third kappa shape index (κ3) is 1.65. The molecule has 1 rings (SSSR count). The molecule has 0 amide bonds. The SMILES string of the molecule is CC(C)(O)c1csc(=S)[nH]1. The molecule has 0 saturated heterocycles. The van der Waals surface area contributed by atoms with Crippen molar-refractivity contribution in [2.24, 2.45) is 0 Å². The van der Waals surface area contributed by atoms with Crippen LogP contribution in [0.5, 0.6) is 0 Å². The van der Waals surface area contributed by atoms with Gasteiger partial charge in [0.2, 0.25) is 0 Å². The predicted molar refractivity (Wildman–Crippen MR) is 44.7 cm³/mol. The molecule has 4 heteroatoms. The zero-order valence-electron chi connectivity index (χ0n) is 5.84. The van der Waals surface area contributed by atoms with Crippen molar-refractivity contribution in [3.05, 3.63) is 15.0 Å². The van der Waals surface area contributed by atoms with Gasteiger partial charge in [-0.15, -0.1) is 11.3 Å². The van der Waals surface area contributed by atoms with Crippen LogP contribution in [0.4, 0.5) is 0 Å². The molecule has 2 N–H and O–H groups in total. The third-order valence-corrected chi connectivity index (χ3v) is 2.24. The van der Waals surface area contributed by atoms with Gasteiger partial charge in [-0.05, 0) is 26.1 Å². The number of H-pyrrole nitrogens is 1. The van der Waals surface area contributed by atoms with Crippen molar-refractivity contribution in [3.63, 3.8) is 0 Å². The first-order chi connectivity index (χ1) is 4.50. The molecule has 1 aromatic heterocycles. The van der Waals surface area contributed by atoms with Crippen LogP contribution in [0.25, 0.3) is 0 Å². The molecule has 0 saturated carbocycles. The highest BCUT2D eigenvalue weighted by Gasteiger charge is 2.16. The molecule has 2 nitrogen and oxygen atoms in total. The van der Waals surface area contributed by atoms with E-state index >= 15 is 0 Å². The Bertz CT molecular complexity index is 268. The number of aromatic amines is 1. The zero-order chi connectivity index (χ0) is 7.78. The van der Waals surface area contributed by atoms with E-state index in [9.17, 15) is 5.11 Å². The monoisotopic (exact) mass is 175 g/mol. The van der Waals surface area contributed by atoms with Crippen molar-refractivity contribution < 1.29 is 5.11 Å². The summed E-state index contributed by atoms with van der Waals surface area (Å²) in [5, 5.41) is 11.3. The molecular weight excluding hydrogens is 166 g/mol. The average Bonchev–Trinajstić information content (AvgIpc) is 2.11. The highest BCUT2D eigenvalue weighted by atomic mass is 32.1. The van der Waals surface area contributed by atoms with Gasteiger partial charge in [0.05, 0.1) is 11.3 Å². The Morgan fingerprint density at radius 2 is 2.30 bits per heavy atom. The van der Waals surface area contributed by atoms with Crippen LogP contribution in [-0.2, 0) is 5.60 Å². The van der Waals surface area contributed by atoms with Gasteiger partial charge >= 0.3 is 0 Å². The second kappa shape index (κ2) is 2.45. The Hall–Kier alpha value is -0.190. The summed E-state index contributed by atoms with van der Waals surface area (Å²) in [4.78, 5) is 2.90. The van der Waals surface area contributed by atoms with E-state index in [0.29, 0.717) is 3.95 Å². The van der Waals surface area contributed by atoms with E-state index in [1.54, 1.807) is 13.8 Å². The van der Waals surface area contributed by atoms with Gasteiger partial charge in [-0.3, -0.25) is 0 Å². The summed E-state index contributed by atoms with van der Waals surface area (Å²) in [5.74, 6) is 0.